The van der Waals surface area contributed by atoms with E-state index in [1.54, 1.807) is 12.1 Å². The van der Waals surface area contributed by atoms with Gasteiger partial charge in [-0.3, -0.25) is 0 Å². The molecule has 3 rings (SSSR count). The second kappa shape index (κ2) is 3.59. The fourth-order valence-corrected chi connectivity index (χ4v) is 2.23. The van der Waals surface area contributed by atoms with Gasteiger partial charge in [0.05, 0.1) is 0 Å². The van der Waals surface area contributed by atoms with Crippen molar-refractivity contribution < 1.29 is 5.11 Å². The minimum absolute atomic E-state index is 0.269. The first-order valence-corrected chi connectivity index (χ1v) is 5.44. The molecule has 0 aromatic heterocycles. The van der Waals surface area contributed by atoms with Gasteiger partial charge in [0, 0.05) is 6.21 Å². The van der Waals surface area contributed by atoms with Crippen molar-refractivity contribution in [1.82, 2.24) is 0 Å². The second-order valence-corrected chi connectivity index (χ2v) is 4.06. The SMILES string of the molecule is N=Cc1cccc2c1ccc1ccc(O)cc12. The Bertz CT molecular complexity index is 731. The zero-order valence-electron chi connectivity index (χ0n) is 9.14. The van der Waals surface area contributed by atoms with Crippen molar-refractivity contribution >= 4 is 27.8 Å². The summed E-state index contributed by atoms with van der Waals surface area (Å²) in [5.74, 6) is 0.269. The Hall–Kier alpha value is -2.35. The number of fused-ring (bicyclic) bond motifs is 3. The van der Waals surface area contributed by atoms with Gasteiger partial charge in [0.2, 0.25) is 0 Å². The van der Waals surface area contributed by atoms with E-state index < -0.39 is 0 Å². The predicted molar refractivity (Wildman–Crippen MR) is 71.0 cm³/mol. The molecule has 0 saturated carbocycles. The van der Waals surface area contributed by atoms with Crippen LogP contribution in [0.15, 0.2) is 48.5 Å². The molecule has 3 aromatic carbocycles. The zero-order valence-corrected chi connectivity index (χ0v) is 9.14. The van der Waals surface area contributed by atoms with E-state index in [-0.39, 0.29) is 5.75 Å². The molecule has 0 fully saturated rings. The normalized spacial score (nSPS) is 10.8. The molecule has 0 radical (unpaired) electrons. The van der Waals surface area contributed by atoms with Crippen LogP contribution >= 0.6 is 0 Å². The first kappa shape index (κ1) is 9.85. The maximum atomic E-state index is 9.57. The van der Waals surface area contributed by atoms with E-state index >= 15 is 0 Å². The summed E-state index contributed by atoms with van der Waals surface area (Å²) in [7, 11) is 0. The average molecular weight is 221 g/mol. The Balaban J connectivity index is 2.55. The quantitative estimate of drug-likeness (QED) is 0.477. The lowest BCUT2D eigenvalue weighted by atomic mass is 9.99. The van der Waals surface area contributed by atoms with Crippen LogP contribution in [0, 0.1) is 5.41 Å². The Morgan fingerprint density at radius 3 is 2.53 bits per heavy atom. The zero-order chi connectivity index (χ0) is 11.8. The Labute approximate surface area is 98.6 Å². The van der Waals surface area contributed by atoms with E-state index in [1.807, 2.05) is 36.4 Å². The molecule has 3 aromatic rings. The van der Waals surface area contributed by atoms with E-state index in [0.29, 0.717) is 0 Å². The van der Waals surface area contributed by atoms with Crippen molar-refractivity contribution in [1.29, 1.82) is 5.41 Å². The largest absolute Gasteiger partial charge is 0.508 e. The van der Waals surface area contributed by atoms with Gasteiger partial charge in [-0.2, -0.15) is 0 Å². The van der Waals surface area contributed by atoms with Gasteiger partial charge in [-0.15, -0.1) is 0 Å². The summed E-state index contributed by atoms with van der Waals surface area (Å²) in [6.45, 7) is 0. The summed E-state index contributed by atoms with van der Waals surface area (Å²) in [5.41, 5.74) is 0.896. The van der Waals surface area contributed by atoms with Crippen LogP contribution in [0.3, 0.4) is 0 Å². The van der Waals surface area contributed by atoms with E-state index in [9.17, 15) is 5.11 Å². The molecule has 2 N–H and O–H groups in total. The lowest BCUT2D eigenvalue weighted by Crippen LogP contribution is -1.84. The topological polar surface area (TPSA) is 44.1 Å². The van der Waals surface area contributed by atoms with Crippen LogP contribution in [-0.2, 0) is 0 Å². The van der Waals surface area contributed by atoms with E-state index in [0.717, 1.165) is 27.1 Å². The average Bonchev–Trinajstić information content (AvgIpc) is 2.37. The molecule has 0 spiro atoms. The maximum Gasteiger partial charge on any atom is 0.116 e. The third-order valence-corrected chi connectivity index (χ3v) is 3.05. The van der Waals surface area contributed by atoms with Gasteiger partial charge in [0.25, 0.3) is 0 Å². The minimum atomic E-state index is 0.269. The highest BCUT2D eigenvalue weighted by Crippen LogP contribution is 2.29. The van der Waals surface area contributed by atoms with Crippen LogP contribution in [0.25, 0.3) is 21.5 Å². The highest BCUT2D eigenvalue weighted by molar-refractivity contribution is 6.12. The van der Waals surface area contributed by atoms with Crippen molar-refractivity contribution in [2.75, 3.05) is 0 Å². The summed E-state index contributed by atoms with van der Waals surface area (Å²) < 4.78 is 0. The van der Waals surface area contributed by atoms with Gasteiger partial charge in [0.1, 0.15) is 5.75 Å². The van der Waals surface area contributed by atoms with Gasteiger partial charge in [-0.25, -0.2) is 0 Å². The molecular weight excluding hydrogens is 210 g/mol. The van der Waals surface area contributed by atoms with Gasteiger partial charge in [0.15, 0.2) is 0 Å². The highest BCUT2D eigenvalue weighted by atomic mass is 16.3. The molecule has 2 nitrogen and oxygen atoms in total. The van der Waals surface area contributed by atoms with Crippen LogP contribution < -0.4 is 0 Å². The van der Waals surface area contributed by atoms with E-state index in [2.05, 4.69) is 0 Å². The molecule has 0 unspecified atom stereocenters. The predicted octanol–water partition coefficient (Wildman–Crippen LogP) is 3.70. The fourth-order valence-electron chi connectivity index (χ4n) is 2.23. The Morgan fingerprint density at radius 2 is 1.71 bits per heavy atom. The van der Waals surface area contributed by atoms with Gasteiger partial charge < -0.3 is 10.5 Å². The number of rotatable bonds is 1. The number of aromatic hydroxyl groups is 1. The molecular formula is C15H11NO. The van der Waals surface area contributed by atoms with Gasteiger partial charge in [-0.05, 0) is 39.2 Å². The van der Waals surface area contributed by atoms with Crippen LogP contribution in [0.4, 0.5) is 0 Å². The molecule has 0 amide bonds. The molecule has 0 aliphatic rings. The van der Waals surface area contributed by atoms with Crippen molar-refractivity contribution in [2.45, 2.75) is 0 Å². The smallest absolute Gasteiger partial charge is 0.116 e. The van der Waals surface area contributed by atoms with E-state index in [1.165, 1.54) is 6.21 Å². The molecule has 0 saturated heterocycles. The number of nitrogens with one attached hydrogen (secondary N) is 1. The fraction of sp³-hybridized carbons (Fsp3) is 0. The van der Waals surface area contributed by atoms with Crippen LogP contribution in [0.1, 0.15) is 5.56 Å². The molecule has 0 aliphatic carbocycles. The Kier molecular flexibility index (Phi) is 2.08. The van der Waals surface area contributed by atoms with E-state index in [4.69, 9.17) is 5.41 Å². The number of phenolic OH excluding ortho intramolecular Hbond substituents is 1. The van der Waals surface area contributed by atoms with Crippen LogP contribution in [-0.4, -0.2) is 11.3 Å². The summed E-state index contributed by atoms with van der Waals surface area (Å²) in [4.78, 5) is 0. The molecule has 2 heteroatoms. The second-order valence-electron chi connectivity index (χ2n) is 4.06. The monoisotopic (exact) mass is 221 g/mol. The van der Waals surface area contributed by atoms with Crippen LogP contribution in [0.5, 0.6) is 5.75 Å². The number of phenols is 1. The third-order valence-electron chi connectivity index (χ3n) is 3.05. The molecule has 0 atom stereocenters. The lowest BCUT2D eigenvalue weighted by Gasteiger charge is -2.06. The van der Waals surface area contributed by atoms with Crippen molar-refractivity contribution in [3.8, 4) is 5.75 Å². The minimum Gasteiger partial charge on any atom is -0.508 e. The van der Waals surface area contributed by atoms with Gasteiger partial charge >= 0.3 is 0 Å². The molecule has 0 bridgehead atoms. The molecule has 82 valence electrons. The summed E-state index contributed by atoms with van der Waals surface area (Å²) in [6.07, 6.45) is 1.36. The van der Waals surface area contributed by atoms with Crippen molar-refractivity contribution in [3.05, 3.63) is 54.1 Å². The summed E-state index contributed by atoms with van der Waals surface area (Å²) in [6, 6.07) is 15.3. The molecule has 17 heavy (non-hydrogen) atoms. The summed E-state index contributed by atoms with van der Waals surface area (Å²) >= 11 is 0. The van der Waals surface area contributed by atoms with Crippen molar-refractivity contribution in [3.63, 3.8) is 0 Å². The summed E-state index contributed by atoms with van der Waals surface area (Å²) in [5, 5.41) is 21.2. The first-order chi connectivity index (χ1) is 8.29. The third kappa shape index (κ3) is 1.46. The standard InChI is InChI=1S/C15H11NO/c16-9-11-2-1-3-14-13(11)7-5-10-4-6-12(17)8-15(10)14/h1-9,16-17H. The molecule has 0 aliphatic heterocycles. The number of benzene rings is 3. The van der Waals surface area contributed by atoms with Gasteiger partial charge in [-0.1, -0.05) is 36.4 Å². The van der Waals surface area contributed by atoms with Crippen molar-refractivity contribution in [2.24, 2.45) is 0 Å². The first-order valence-electron chi connectivity index (χ1n) is 5.44. The molecule has 0 heterocycles. The van der Waals surface area contributed by atoms with Crippen LogP contribution in [0.2, 0.25) is 0 Å². The Morgan fingerprint density at radius 1 is 0.882 bits per heavy atom. The lowest BCUT2D eigenvalue weighted by molar-refractivity contribution is 0.476. The number of hydrogen-bond donors (Lipinski definition) is 2. The highest BCUT2D eigenvalue weighted by Gasteiger charge is 2.03. The number of hydrogen-bond acceptors (Lipinski definition) is 2. The maximum absolute atomic E-state index is 9.57.